The molecule has 1 unspecified atom stereocenters. The van der Waals surface area contributed by atoms with Gasteiger partial charge in [0, 0.05) is 10.2 Å². The molecule has 0 saturated carbocycles. The number of hydrogen-bond acceptors (Lipinski definition) is 2. The lowest BCUT2D eigenvalue weighted by atomic mass is 10.1. The summed E-state index contributed by atoms with van der Waals surface area (Å²) in [6, 6.07) is 19.4. The van der Waals surface area contributed by atoms with Gasteiger partial charge >= 0.3 is 0 Å². The second-order valence-electron chi connectivity index (χ2n) is 3.62. The molecule has 2 aromatic carbocycles. The Balaban J connectivity index is 2.18. The Morgan fingerprint density at radius 2 is 1.65 bits per heavy atom. The van der Waals surface area contributed by atoms with Crippen LogP contribution in [0.15, 0.2) is 59.1 Å². The van der Waals surface area contributed by atoms with Gasteiger partial charge in [0.15, 0.2) is 0 Å². The first-order valence-electron chi connectivity index (χ1n) is 5.26. The average molecular weight is 287 g/mol. The van der Waals surface area contributed by atoms with Crippen LogP contribution in [-0.2, 0) is 0 Å². The van der Waals surface area contributed by atoms with E-state index >= 15 is 0 Å². The fourth-order valence-electron chi connectivity index (χ4n) is 1.55. The third-order valence-electron chi connectivity index (χ3n) is 2.42. The molecule has 3 heteroatoms. The zero-order valence-corrected chi connectivity index (χ0v) is 10.7. The molecule has 0 heterocycles. The fraction of sp³-hybridized carbons (Fsp3) is 0.0714. The lowest BCUT2D eigenvalue weighted by molar-refractivity contribution is 0.997. The predicted molar refractivity (Wildman–Crippen MR) is 72.6 cm³/mol. The Morgan fingerprint density at radius 3 is 2.24 bits per heavy atom. The number of halogens is 1. The molecule has 0 amide bonds. The molecule has 0 aliphatic rings. The summed E-state index contributed by atoms with van der Waals surface area (Å²) in [7, 11) is 0. The average Bonchev–Trinajstić information content (AvgIpc) is 2.38. The van der Waals surface area contributed by atoms with Gasteiger partial charge < -0.3 is 5.32 Å². The van der Waals surface area contributed by atoms with Crippen molar-refractivity contribution in [2.45, 2.75) is 6.04 Å². The number of anilines is 1. The van der Waals surface area contributed by atoms with Gasteiger partial charge in [-0.15, -0.1) is 0 Å². The van der Waals surface area contributed by atoms with E-state index in [0.717, 1.165) is 15.7 Å². The van der Waals surface area contributed by atoms with Gasteiger partial charge in [-0.2, -0.15) is 5.26 Å². The van der Waals surface area contributed by atoms with Crippen LogP contribution in [0.5, 0.6) is 0 Å². The minimum Gasteiger partial charge on any atom is -0.366 e. The number of rotatable bonds is 3. The van der Waals surface area contributed by atoms with E-state index in [1.54, 1.807) is 0 Å². The topological polar surface area (TPSA) is 35.8 Å². The summed E-state index contributed by atoms with van der Waals surface area (Å²) in [5.74, 6) is 0. The Hall–Kier alpha value is -1.79. The van der Waals surface area contributed by atoms with E-state index < -0.39 is 0 Å². The van der Waals surface area contributed by atoms with E-state index in [4.69, 9.17) is 0 Å². The zero-order valence-electron chi connectivity index (χ0n) is 9.10. The molecule has 2 aromatic rings. The van der Waals surface area contributed by atoms with Gasteiger partial charge in [-0.05, 0) is 29.8 Å². The molecule has 0 bridgehead atoms. The van der Waals surface area contributed by atoms with E-state index in [0.29, 0.717) is 0 Å². The van der Waals surface area contributed by atoms with Crippen LogP contribution in [0.25, 0.3) is 0 Å². The predicted octanol–water partition coefficient (Wildman–Crippen LogP) is 4.13. The minimum atomic E-state index is -0.328. The summed E-state index contributed by atoms with van der Waals surface area (Å²) >= 11 is 3.38. The van der Waals surface area contributed by atoms with Crippen molar-refractivity contribution >= 4 is 21.6 Å². The van der Waals surface area contributed by atoms with Gasteiger partial charge in [-0.3, -0.25) is 0 Å². The Kier molecular flexibility index (Phi) is 3.79. The Bertz CT molecular complexity index is 514. The molecule has 2 rings (SSSR count). The van der Waals surface area contributed by atoms with Crippen molar-refractivity contribution in [2.75, 3.05) is 5.32 Å². The summed E-state index contributed by atoms with van der Waals surface area (Å²) in [6.45, 7) is 0. The first-order valence-corrected chi connectivity index (χ1v) is 6.05. The van der Waals surface area contributed by atoms with Gasteiger partial charge in [0.2, 0.25) is 0 Å². The highest BCUT2D eigenvalue weighted by atomic mass is 79.9. The quantitative estimate of drug-likeness (QED) is 0.921. The van der Waals surface area contributed by atoms with Crippen LogP contribution in [0.2, 0.25) is 0 Å². The van der Waals surface area contributed by atoms with Crippen LogP contribution in [0, 0.1) is 11.3 Å². The molecule has 0 radical (unpaired) electrons. The summed E-state index contributed by atoms with van der Waals surface area (Å²) in [4.78, 5) is 0. The first kappa shape index (κ1) is 11.7. The van der Waals surface area contributed by atoms with Gasteiger partial charge in [-0.1, -0.05) is 46.3 Å². The van der Waals surface area contributed by atoms with Crippen LogP contribution in [0.3, 0.4) is 0 Å². The maximum absolute atomic E-state index is 9.19. The highest BCUT2D eigenvalue weighted by Gasteiger charge is 2.09. The Labute approximate surface area is 109 Å². The van der Waals surface area contributed by atoms with Crippen LogP contribution in [0.1, 0.15) is 11.6 Å². The van der Waals surface area contributed by atoms with Crippen LogP contribution in [-0.4, -0.2) is 0 Å². The lowest BCUT2D eigenvalue weighted by Gasteiger charge is -2.13. The molecular weight excluding hydrogens is 276 g/mol. The standard InChI is InChI=1S/C14H11BrN2/c15-12-8-6-11(7-9-12)14(10-16)17-13-4-2-1-3-5-13/h1-9,14,17H. The van der Waals surface area contributed by atoms with Crippen LogP contribution >= 0.6 is 15.9 Å². The third-order valence-corrected chi connectivity index (χ3v) is 2.95. The number of hydrogen-bond donors (Lipinski definition) is 1. The minimum absolute atomic E-state index is 0.328. The number of para-hydroxylation sites is 1. The van der Waals surface area contributed by atoms with E-state index in [2.05, 4.69) is 27.3 Å². The van der Waals surface area contributed by atoms with Crippen molar-refractivity contribution in [3.63, 3.8) is 0 Å². The SMILES string of the molecule is N#CC(Nc1ccccc1)c1ccc(Br)cc1. The van der Waals surface area contributed by atoms with Crippen molar-refractivity contribution < 1.29 is 0 Å². The largest absolute Gasteiger partial charge is 0.366 e. The van der Waals surface area contributed by atoms with Gasteiger partial charge in [0.1, 0.15) is 6.04 Å². The van der Waals surface area contributed by atoms with Crippen molar-refractivity contribution in [2.24, 2.45) is 0 Å². The van der Waals surface area contributed by atoms with Crippen LogP contribution in [0.4, 0.5) is 5.69 Å². The monoisotopic (exact) mass is 286 g/mol. The number of nitriles is 1. The molecule has 1 N–H and O–H groups in total. The molecule has 0 aromatic heterocycles. The number of nitrogens with zero attached hydrogens (tertiary/aromatic N) is 1. The van der Waals surface area contributed by atoms with Crippen molar-refractivity contribution in [1.82, 2.24) is 0 Å². The normalized spacial score (nSPS) is 11.5. The Morgan fingerprint density at radius 1 is 1.00 bits per heavy atom. The first-order chi connectivity index (χ1) is 8.29. The molecule has 1 atom stereocenters. The lowest BCUT2D eigenvalue weighted by Crippen LogP contribution is -2.08. The van der Waals surface area contributed by atoms with E-state index in [1.165, 1.54) is 0 Å². The second-order valence-corrected chi connectivity index (χ2v) is 4.54. The summed E-state index contributed by atoms with van der Waals surface area (Å²) in [5, 5.41) is 12.4. The van der Waals surface area contributed by atoms with Crippen molar-refractivity contribution in [3.05, 3.63) is 64.6 Å². The molecule has 17 heavy (non-hydrogen) atoms. The smallest absolute Gasteiger partial charge is 0.140 e. The highest BCUT2D eigenvalue weighted by molar-refractivity contribution is 9.10. The van der Waals surface area contributed by atoms with Gasteiger partial charge in [0.05, 0.1) is 6.07 Å². The second kappa shape index (κ2) is 5.51. The highest BCUT2D eigenvalue weighted by Crippen LogP contribution is 2.20. The fourth-order valence-corrected chi connectivity index (χ4v) is 1.81. The maximum Gasteiger partial charge on any atom is 0.140 e. The molecule has 0 aliphatic carbocycles. The summed E-state index contributed by atoms with van der Waals surface area (Å²) in [6.07, 6.45) is 0. The molecule has 0 saturated heterocycles. The third kappa shape index (κ3) is 3.08. The van der Waals surface area contributed by atoms with E-state index in [1.807, 2.05) is 54.6 Å². The van der Waals surface area contributed by atoms with Crippen LogP contribution < -0.4 is 5.32 Å². The van der Waals surface area contributed by atoms with E-state index in [-0.39, 0.29) is 6.04 Å². The zero-order chi connectivity index (χ0) is 12.1. The molecule has 2 nitrogen and oxygen atoms in total. The number of nitrogens with one attached hydrogen (secondary N) is 1. The van der Waals surface area contributed by atoms with Gasteiger partial charge in [-0.25, -0.2) is 0 Å². The van der Waals surface area contributed by atoms with Gasteiger partial charge in [0.25, 0.3) is 0 Å². The van der Waals surface area contributed by atoms with Crippen molar-refractivity contribution in [3.8, 4) is 6.07 Å². The number of benzene rings is 2. The summed E-state index contributed by atoms with van der Waals surface area (Å²) in [5.41, 5.74) is 1.90. The molecular formula is C14H11BrN2. The summed E-state index contributed by atoms with van der Waals surface area (Å²) < 4.78 is 1.01. The molecule has 84 valence electrons. The van der Waals surface area contributed by atoms with E-state index in [9.17, 15) is 5.26 Å². The van der Waals surface area contributed by atoms with Crippen molar-refractivity contribution in [1.29, 1.82) is 5.26 Å². The maximum atomic E-state index is 9.19. The molecule has 0 spiro atoms. The molecule has 0 fully saturated rings. The molecule has 0 aliphatic heterocycles.